The van der Waals surface area contributed by atoms with Crippen molar-refractivity contribution < 1.29 is 9.59 Å². The predicted octanol–water partition coefficient (Wildman–Crippen LogP) is 4.23. The quantitative estimate of drug-likeness (QED) is 0.606. The summed E-state index contributed by atoms with van der Waals surface area (Å²) in [5.41, 5.74) is 2.18. The number of amides is 2. The topological polar surface area (TPSA) is 75.2 Å². The van der Waals surface area contributed by atoms with Crippen LogP contribution in [0.4, 0.5) is 5.13 Å². The molecule has 1 aliphatic heterocycles. The van der Waals surface area contributed by atoms with Gasteiger partial charge in [0.25, 0.3) is 11.8 Å². The molecule has 8 heteroatoms. The molecule has 6 nitrogen and oxygen atoms in total. The Labute approximate surface area is 189 Å². The number of hydrogen-bond donors (Lipinski definition) is 1. The lowest BCUT2D eigenvalue weighted by molar-refractivity contribution is -0.126. The second-order valence-corrected chi connectivity index (χ2v) is 9.46. The zero-order valence-corrected chi connectivity index (χ0v) is 19.0. The summed E-state index contributed by atoms with van der Waals surface area (Å²) in [5.74, 6) is 5.54. The largest absolute Gasteiger partial charge is 0.332 e. The van der Waals surface area contributed by atoms with Crippen molar-refractivity contribution in [1.82, 2.24) is 14.9 Å². The van der Waals surface area contributed by atoms with Crippen LogP contribution in [-0.2, 0) is 4.79 Å². The number of rotatable bonds is 3. The molecule has 2 aromatic heterocycles. The van der Waals surface area contributed by atoms with E-state index in [-0.39, 0.29) is 17.7 Å². The van der Waals surface area contributed by atoms with Gasteiger partial charge in [0.05, 0.1) is 10.7 Å². The number of likely N-dealkylation sites (tertiary alicyclic amines) is 1. The number of piperidine rings is 1. The third kappa shape index (κ3) is 5.19. The molecule has 2 amide bonds. The molecule has 158 valence electrons. The summed E-state index contributed by atoms with van der Waals surface area (Å²) in [6, 6.07) is 9.51. The van der Waals surface area contributed by atoms with Gasteiger partial charge in [-0.25, -0.2) is 9.97 Å². The molecule has 0 atom stereocenters. The maximum Gasteiger partial charge on any atom is 0.298 e. The number of aryl methyl sites for hydroxylation is 2. The van der Waals surface area contributed by atoms with Gasteiger partial charge in [0.2, 0.25) is 0 Å². The molecule has 31 heavy (non-hydrogen) atoms. The fraction of sp³-hybridized carbons (Fsp3) is 0.304. The summed E-state index contributed by atoms with van der Waals surface area (Å²) < 4.78 is 0. The Morgan fingerprint density at radius 3 is 2.55 bits per heavy atom. The van der Waals surface area contributed by atoms with Crippen molar-refractivity contribution in [2.75, 3.05) is 18.4 Å². The minimum absolute atomic E-state index is 0.143. The monoisotopic (exact) mass is 450 g/mol. The minimum atomic E-state index is -0.236. The fourth-order valence-electron chi connectivity index (χ4n) is 3.32. The molecule has 3 heterocycles. The molecule has 0 saturated carbocycles. The van der Waals surface area contributed by atoms with Crippen LogP contribution in [0.1, 0.15) is 50.4 Å². The first-order chi connectivity index (χ1) is 15.0. The van der Waals surface area contributed by atoms with E-state index < -0.39 is 0 Å². The van der Waals surface area contributed by atoms with E-state index in [1.807, 2.05) is 44.2 Å². The van der Waals surface area contributed by atoms with E-state index in [4.69, 9.17) is 0 Å². The van der Waals surface area contributed by atoms with Crippen molar-refractivity contribution in [3.05, 3.63) is 62.5 Å². The molecule has 1 saturated heterocycles. The van der Waals surface area contributed by atoms with Crippen LogP contribution in [0.15, 0.2) is 35.7 Å². The zero-order chi connectivity index (χ0) is 21.8. The molecule has 1 aromatic carbocycles. The molecule has 0 spiro atoms. The Balaban J connectivity index is 1.32. The van der Waals surface area contributed by atoms with Crippen LogP contribution in [0.25, 0.3) is 0 Å². The van der Waals surface area contributed by atoms with Crippen molar-refractivity contribution in [2.24, 2.45) is 0 Å². The number of aromatic nitrogens is 2. The number of nitrogens with one attached hydrogen (secondary N) is 1. The van der Waals surface area contributed by atoms with Crippen molar-refractivity contribution >= 4 is 39.6 Å². The maximum atomic E-state index is 12.5. The lowest BCUT2D eigenvalue weighted by Crippen LogP contribution is -2.37. The van der Waals surface area contributed by atoms with E-state index in [1.54, 1.807) is 10.3 Å². The standard InChI is InChI=1S/C23H22N4O2S2/c1-15-16(2)31-23(24-15)26-21(29)19-14-30-22(25-19)18-10-12-27(13-11-18)20(28)9-8-17-6-4-3-5-7-17/h3-7,14,18H,10-13H2,1-2H3,(H,24,26,29). The highest BCUT2D eigenvalue weighted by Gasteiger charge is 2.26. The summed E-state index contributed by atoms with van der Waals surface area (Å²) in [5, 5.41) is 6.16. The average molecular weight is 451 g/mol. The highest BCUT2D eigenvalue weighted by atomic mass is 32.1. The Hall–Kier alpha value is -3.02. The second kappa shape index (κ2) is 9.41. The number of hydrogen-bond acceptors (Lipinski definition) is 6. The fourth-order valence-corrected chi connectivity index (χ4v) is 5.10. The third-order valence-electron chi connectivity index (χ3n) is 5.22. The van der Waals surface area contributed by atoms with Crippen molar-refractivity contribution in [3.63, 3.8) is 0 Å². The van der Waals surface area contributed by atoms with E-state index in [9.17, 15) is 9.59 Å². The van der Waals surface area contributed by atoms with Gasteiger partial charge in [-0.15, -0.1) is 22.7 Å². The summed E-state index contributed by atoms with van der Waals surface area (Å²) in [6.45, 7) is 5.19. The normalized spacial score (nSPS) is 14.1. The van der Waals surface area contributed by atoms with E-state index in [1.165, 1.54) is 22.7 Å². The molecule has 0 radical (unpaired) electrons. The van der Waals surface area contributed by atoms with Gasteiger partial charge in [-0.1, -0.05) is 24.1 Å². The lowest BCUT2D eigenvalue weighted by atomic mass is 9.97. The zero-order valence-electron chi connectivity index (χ0n) is 17.3. The molecule has 4 rings (SSSR count). The van der Waals surface area contributed by atoms with Gasteiger partial charge < -0.3 is 4.90 Å². The number of carbonyl (C=O) groups excluding carboxylic acids is 2. The molecule has 0 aliphatic carbocycles. The summed E-state index contributed by atoms with van der Waals surface area (Å²) in [7, 11) is 0. The molecular formula is C23H22N4O2S2. The number of carbonyl (C=O) groups is 2. The minimum Gasteiger partial charge on any atom is -0.332 e. The van der Waals surface area contributed by atoms with Gasteiger partial charge in [0.1, 0.15) is 5.69 Å². The first kappa shape index (κ1) is 21.2. The Morgan fingerprint density at radius 1 is 1.13 bits per heavy atom. The van der Waals surface area contributed by atoms with Gasteiger partial charge >= 0.3 is 0 Å². The Bertz CT molecular complexity index is 1130. The first-order valence-electron chi connectivity index (χ1n) is 10.1. The van der Waals surface area contributed by atoms with Crippen LogP contribution in [0.3, 0.4) is 0 Å². The summed E-state index contributed by atoms with van der Waals surface area (Å²) in [6.07, 6.45) is 1.64. The van der Waals surface area contributed by atoms with Gasteiger partial charge in [0, 0.05) is 40.7 Å². The van der Waals surface area contributed by atoms with Crippen molar-refractivity contribution in [3.8, 4) is 11.8 Å². The summed E-state index contributed by atoms with van der Waals surface area (Å²) in [4.78, 5) is 36.7. The number of thiazole rings is 2. The second-order valence-electron chi connectivity index (χ2n) is 7.37. The van der Waals surface area contributed by atoms with Crippen LogP contribution in [0.5, 0.6) is 0 Å². The summed E-state index contributed by atoms with van der Waals surface area (Å²) >= 11 is 2.96. The van der Waals surface area contributed by atoms with Crippen LogP contribution in [-0.4, -0.2) is 39.8 Å². The van der Waals surface area contributed by atoms with E-state index in [0.29, 0.717) is 23.9 Å². The van der Waals surface area contributed by atoms with Crippen LogP contribution >= 0.6 is 22.7 Å². The molecule has 1 fully saturated rings. The predicted molar refractivity (Wildman–Crippen MR) is 124 cm³/mol. The van der Waals surface area contributed by atoms with E-state index in [0.717, 1.165) is 34.0 Å². The molecular weight excluding hydrogens is 428 g/mol. The van der Waals surface area contributed by atoms with Crippen molar-refractivity contribution in [2.45, 2.75) is 32.6 Å². The number of nitrogens with zero attached hydrogens (tertiary/aromatic N) is 3. The smallest absolute Gasteiger partial charge is 0.298 e. The molecule has 0 bridgehead atoms. The Morgan fingerprint density at radius 2 is 1.87 bits per heavy atom. The van der Waals surface area contributed by atoms with Gasteiger partial charge in [-0.3, -0.25) is 14.9 Å². The maximum absolute atomic E-state index is 12.5. The third-order valence-corrected chi connectivity index (χ3v) is 7.22. The van der Waals surface area contributed by atoms with Gasteiger partial charge in [-0.2, -0.15) is 0 Å². The van der Waals surface area contributed by atoms with Gasteiger partial charge in [0.15, 0.2) is 5.13 Å². The van der Waals surface area contributed by atoms with Gasteiger partial charge in [-0.05, 0) is 38.8 Å². The van der Waals surface area contributed by atoms with Crippen LogP contribution < -0.4 is 5.32 Å². The number of anilines is 1. The van der Waals surface area contributed by atoms with E-state index >= 15 is 0 Å². The van der Waals surface area contributed by atoms with Crippen LogP contribution in [0, 0.1) is 25.7 Å². The SMILES string of the molecule is Cc1nc(NC(=O)c2csc(C3CCN(C(=O)C#Cc4ccccc4)CC3)n2)sc1C. The molecule has 3 aromatic rings. The Kier molecular flexibility index (Phi) is 6.44. The van der Waals surface area contributed by atoms with E-state index in [2.05, 4.69) is 27.1 Å². The molecule has 1 N–H and O–H groups in total. The number of benzene rings is 1. The molecule has 0 unspecified atom stereocenters. The van der Waals surface area contributed by atoms with Crippen LogP contribution in [0.2, 0.25) is 0 Å². The average Bonchev–Trinajstić information content (AvgIpc) is 3.40. The highest BCUT2D eigenvalue weighted by molar-refractivity contribution is 7.15. The lowest BCUT2D eigenvalue weighted by Gasteiger charge is -2.29. The highest BCUT2D eigenvalue weighted by Crippen LogP contribution is 2.30. The first-order valence-corrected chi connectivity index (χ1v) is 11.8. The van der Waals surface area contributed by atoms with Crippen molar-refractivity contribution in [1.29, 1.82) is 0 Å². The molecule has 1 aliphatic rings.